The fourth-order valence-electron chi connectivity index (χ4n) is 2.09. The van der Waals surface area contributed by atoms with Gasteiger partial charge in [-0.3, -0.25) is 5.43 Å². The van der Waals surface area contributed by atoms with Crippen molar-refractivity contribution in [2.45, 2.75) is 25.8 Å². The van der Waals surface area contributed by atoms with E-state index in [-0.39, 0.29) is 6.04 Å². The van der Waals surface area contributed by atoms with Gasteiger partial charge >= 0.3 is 0 Å². The lowest BCUT2D eigenvalue weighted by molar-refractivity contribution is 0.0622. The molecule has 18 heavy (non-hydrogen) atoms. The third-order valence-electron chi connectivity index (χ3n) is 3.21. The minimum absolute atomic E-state index is 0.284. The van der Waals surface area contributed by atoms with E-state index < -0.39 is 0 Å². The minimum Gasteiger partial charge on any atom is -0.381 e. The van der Waals surface area contributed by atoms with Gasteiger partial charge in [-0.2, -0.15) is 4.98 Å². The number of hydrazine groups is 1. The molecule has 1 aromatic heterocycles. The van der Waals surface area contributed by atoms with E-state index in [1.54, 1.807) is 0 Å². The Bertz CT molecular complexity index is 397. The van der Waals surface area contributed by atoms with Gasteiger partial charge in [0.25, 0.3) is 0 Å². The van der Waals surface area contributed by atoms with Crippen LogP contribution in [-0.4, -0.2) is 29.2 Å². The van der Waals surface area contributed by atoms with Crippen LogP contribution >= 0.6 is 11.6 Å². The van der Waals surface area contributed by atoms with Gasteiger partial charge in [0.1, 0.15) is 5.02 Å². The lowest BCUT2D eigenvalue weighted by Gasteiger charge is -2.28. The molecule has 7 heteroatoms. The molecule has 0 radical (unpaired) electrons. The number of nitrogens with two attached hydrogens (primary N) is 1. The maximum absolute atomic E-state index is 6.06. The van der Waals surface area contributed by atoms with Crippen molar-refractivity contribution in [1.29, 1.82) is 0 Å². The zero-order valence-corrected chi connectivity index (χ0v) is 11.1. The Kier molecular flexibility index (Phi) is 4.57. The summed E-state index contributed by atoms with van der Waals surface area (Å²) in [5.74, 6) is 6.81. The fourth-order valence-corrected chi connectivity index (χ4v) is 2.23. The standard InChI is InChI=1S/C11H18ClN5O/c1-7(8-2-4-18-5-3-8)15-10-9(12)6-14-11(16-10)17-13/h6-8H,2-5,13H2,1H3,(H2,14,15,16,17). The number of nitrogens with one attached hydrogen (secondary N) is 2. The van der Waals surface area contributed by atoms with Gasteiger partial charge < -0.3 is 10.1 Å². The van der Waals surface area contributed by atoms with Crippen molar-refractivity contribution in [2.75, 3.05) is 24.0 Å². The van der Waals surface area contributed by atoms with Crippen molar-refractivity contribution in [3.8, 4) is 0 Å². The molecule has 100 valence electrons. The van der Waals surface area contributed by atoms with Gasteiger partial charge in [-0.1, -0.05) is 11.6 Å². The third kappa shape index (κ3) is 3.22. The second-order valence-corrected chi connectivity index (χ2v) is 4.82. The highest BCUT2D eigenvalue weighted by Crippen LogP contribution is 2.25. The number of ether oxygens (including phenoxy) is 1. The molecule has 0 bridgehead atoms. The Hall–Kier alpha value is -1.11. The molecule has 2 rings (SSSR count). The van der Waals surface area contributed by atoms with Crippen molar-refractivity contribution in [3.05, 3.63) is 11.2 Å². The van der Waals surface area contributed by atoms with Crippen molar-refractivity contribution in [1.82, 2.24) is 9.97 Å². The molecule has 6 nitrogen and oxygen atoms in total. The maximum Gasteiger partial charge on any atom is 0.239 e. The average molecular weight is 272 g/mol. The maximum atomic E-state index is 6.06. The summed E-state index contributed by atoms with van der Waals surface area (Å²) in [6, 6.07) is 0.284. The number of nitrogens with zero attached hydrogens (tertiary/aromatic N) is 2. The number of aromatic nitrogens is 2. The van der Waals surface area contributed by atoms with Gasteiger partial charge in [0.2, 0.25) is 5.95 Å². The molecule has 1 saturated heterocycles. The molecule has 1 aliphatic rings. The van der Waals surface area contributed by atoms with Crippen LogP contribution in [0.15, 0.2) is 6.20 Å². The Balaban J connectivity index is 2.03. The van der Waals surface area contributed by atoms with E-state index in [4.69, 9.17) is 22.2 Å². The number of hydrogen-bond acceptors (Lipinski definition) is 6. The normalized spacial score (nSPS) is 18.4. The van der Waals surface area contributed by atoms with Crippen LogP contribution in [0.5, 0.6) is 0 Å². The first-order valence-electron chi connectivity index (χ1n) is 6.04. The molecule has 0 aliphatic carbocycles. The molecule has 1 atom stereocenters. The number of anilines is 2. The highest BCUT2D eigenvalue weighted by molar-refractivity contribution is 6.32. The minimum atomic E-state index is 0.284. The van der Waals surface area contributed by atoms with Crippen molar-refractivity contribution >= 4 is 23.4 Å². The summed E-state index contributed by atoms with van der Waals surface area (Å²) in [4.78, 5) is 8.14. The monoisotopic (exact) mass is 271 g/mol. The molecule has 0 saturated carbocycles. The largest absolute Gasteiger partial charge is 0.381 e. The quantitative estimate of drug-likeness (QED) is 0.570. The van der Waals surface area contributed by atoms with Crippen LogP contribution in [0.4, 0.5) is 11.8 Å². The van der Waals surface area contributed by atoms with E-state index in [9.17, 15) is 0 Å². The van der Waals surface area contributed by atoms with E-state index in [2.05, 4.69) is 27.6 Å². The predicted molar refractivity (Wildman–Crippen MR) is 71.5 cm³/mol. The summed E-state index contributed by atoms with van der Waals surface area (Å²) in [5, 5.41) is 3.81. The zero-order chi connectivity index (χ0) is 13.0. The highest BCUT2D eigenvalue weighted by Gasteiger charge is 2.21. The van der Waals surface area contributed by atoms with Gasteiger partial charge in [-0.25, -0.2) is 10.8 Å². The molecule has 0 aromatic carbocycles. The molecule has 1 fully saturated rings. The second kappa shape index (κ2) is 6.17. The van der Waals surface area contributed by atoms with Crippen LogP contribution in [0, 0.1) is 5.92 Å². The van der Waals surface area contributed by atoms with Gasteiger partial charge in [0.05, 0.1) is 6.20 Å². The van der Waals surface area contributed by atoms with Crippen LogP contribution in [0.25, 0.3) is 0 Å². The lowest BCUT2D eigenvalue weighted by Crippen LogP contribution is -2.31. The molecule has 1 unspecified atom stereocenters. The molecule has 4 N–H and O–H groups in total. The summed E-state index contributed by atoms with van der Waals surface area (Å²) in [7, 11) is 0. The number of rotatable bonds is 4. The Labute approximate surface area is 111 Å². The summed E-state index contributed by atoms with van der Waals surface area (Å²) in [5.41, 5.74) is 2.41. The molecular formula is C11H18ClN5O. The first kappa shape index (κ1) is 13.3. The smallest absolute Gasteiger partial charge is 0.239 e. The van der Waals surface area contributed by atoms with E-state index in [1.807, 2.05) is 0 Å². The summed E-state index contributed by atoms with van der Waals surface area (Å²) < 4.78 is 5.35. The molecule has 1 aromatic rings. The van der Waals surface area contributed by atoms with Crippen LogP contribution in [0.3, 0.4) is 0 Å². The van der Waals surface area contributed by atoms with Crippen LogP contribution in [-0.2, 0) is 4.74 Å². The number of hydrogen-bond donors (Lipinski definition) is 3. The van der Waals surface area contributed by atoms with Crippen LogP contribution in [0.1, 0.15) is 19.8 Å². The fraction of sp³-hybridized carbons (Fsp3) is 0.636. The number of nitrogen functional groups attached to an aromatic ring is 1. The van der Waals surface area contributed by atoms with Crippen LogP contribution < -0.4 is 16.6 Å². The molecule has 1 aliphatic heterocycles. The SMILES string of the molecule is CC(Nc1nc(NN)ncc1Cl)C1CCOCC1. The van der Waals surface area contributed by atoms with Crippen molar-refractivity contribution in [2.24, 2.45) is 11.8 Å². The third-order valence-corrected chi connectivity index (χ3v) is 3.49. The van der Waals surface area contributed by atoms with Crippen LogP contribution in [0.2, 0.25) is 5.02 Å². The molecule has 2 heterocycles. The van der Waals surface area contributed by atoms with Gasteiger partial charge in [0.15, 0.2) is 5.82 Å². The van der Waals surface area contributed by atoms with Gasteiger partial charge in [-0.05, 0) is 25.7 Å². The van der Waals surface area contributed by atoms with E-state index in [0.29, 0.717) is 22.7 Å². The molecular weight excluding hydrogens is 254 g/mol. The topological polar surface area (TPSA) is 85.1 Å². The second-order valence-electron chi connectivity index (χ2n) is 4.42. The predicted octanol–water partition coefficient (Wildman–Crippen LogP) is 1.64. The summed E-state index contributed by atoms with van der Waals surface area (Å²) >= 11 is 6.06. The van der Waals surface area contributed by atoms with E-state index >= 15 is 0 Å². The summed E-state index contributed by atoms with van der Waals surface area (Å²) in [6.45, 7) is 3.78. The average Bonchev–Trinajstić information content (AvgIpc) is 2.42. The lowest BCUT2D eigenvalue weighted by atomic mass is 9.93. The zero-order valence-electron chi connectivity index (χ0n) is 10.3. The van der Waals surface area contributed by atoms with Gasteiger partial charge in [-0.15, -0.1) is 0 Å². The Morgan fingerprint density at radius 3 is 2.89 bits per heavy atom. The summed E-state index contributed by atoms with van der Waals surface area (Å²) in [6.07, 6.45) is 3.64. The van der Waals surface area contributed by atoms with Gasteiger partial charge in [0, 0.05) is 19.3 Å². The first-order chi connectivity index (χ1) is 8.70. The van der Waals surface area contributed by atoms with E-state index in [1.165, 1.54) is 6.20 Å². The Morgan fingerprint density at radius 1 is 1.50 bits per heavy atom. The van der Waals surface area contributed by atoms with E-state index in [0.717, 1.165) is 26.1 Å². The molecule has 0 amide bonds. The highest BCUT2D eigenvalue weighted by atomic mass is 35.5. The molecule has 0 spiro atoms. The first-order valence-corrected chi connectivity index (χ1v) is 6.42. The Morgan fingerprint density at radius 2 is 2.22 bits per heavy atom. The van der Waals surface area contributed by atoms with Crippen molar-refractivity contribution < 1.29 is 4.74 Å². The number of halogens is 1. The van der Waals surface area contributed by atoms with Crippen molar-refractivity contribution in [3.63, 3.8) is 0 Å².